The minimum atomic E-state index is 0.0503. The third-order valence-electron chi connectivity index (χ3n) is 2.73. The molecule has 1 unspecified atom stereocenters. The van der Waals surface area contributed by atoms with Gasteiger partial charge in [-0.2, -0.15) is 0 Å². The van der Waals surface area contributed by atoms with E-state index in [4.69, 9.17) is 11.6 Å². The Morgan fingerprint density at radius 3 is 2.94 bits per heavy atom. The van der Waals surface area contributed by atoms with E-state index in [1.54, 1.807) is 6.92 Å². The molecule has 0 spiro atoms. The third-order valence-corrected chi connectivity index (χ3v) is 3.02. The number of hydrogen-bond acceptors (Lipinski definition) is 5. The Kier molecular flexibility index (Phi) is 3.76. The van der Waals surface area contributed by atoms with E-state index in [1.807, 2.05) is 0 Å². The summed E-state index contributed by atoms with van der Waals surface area (Å²) >= 11 is 5.86. The number of amides is 1. The molecule has 2 rings (SSSR count). The van der Waals surface area contributed by atoms with Crippen molar-refractivity contribution in [3.63, 3.8) is 0 Å². The van der Waals surface area contributed by atoms with E-state index >= 15 is 0 Å². The van der Waals surface area contributed by atoms with Gasteiger partial charge in [-0.05, 0) is 13.3 Å². The van der Waals surface area contributed by atoms with E-state index in [0.717, 1.165) is 6.42 Å². The van der Waals surface area contributed by atoms with E-state index < -0.39 is 0 Å². The lowest BCUT2D eigenvalue weighted by molar-refractivity contribution is -0.119. The van der Waals surface area contributed by atoms with Crippen LogP contribution in [0.25, 0.3) is 0 Å². The summed E-state index contributed by atoms with van der Waals surface area (Å²) in [6.45, 7) is 2.21. The highest BCUT2D eigenvalue weighted by atomic mass is 35.5. The summed E-state index contributed by atoms with van der Waals surface area (Å²) in [5.74, 6) is 0.946. The molecule has 0 bridgehead atoms. The molecule has 1 aliphatic rings. The van der Waals surface area contributed by atoms with Crippen LogP contribution in [-0.4, -0.2) is 34.7 Å². The van der Waals surface area contributed by atoms with Gasteiger partial charge in [0.25, 0.3) is 0 Å². The smallest absolute Gasteiger partial charge is 0.220 e. The zero-order chi connectivity index (χ0) is 13.1. The Balaban J connectivity index is 2.08. The quantitative estimate of drug-likeness (QED) is 0.627. The van der Waals surface area contributed by atoms with Crippen molar-refractivity contribution in [2.24, 2.45) is 0 Å². The van der Waals surface area contributed by atoms with Crippen molar-refractivity contribution in [1.29, 1.82) is 0 Å². The van der Waals surface area contributed by atoms with E-state index in [1.165, 1.54) is 0 Å². The van der Waals surface area contributed by atoms with Crippen molar-refractivity contribution < 1.29 is 9.59 Å². The van der Waals surface area contributed by atoms with Gasteiger partial charge in [-0.15, -0.1) is 0 Å². The molecule has 0 radical (unpaired) electrons. The molecule has 0 aromatic carbocycles. The first-order chi connectivity index (χ1) is 8.60. The number of aromatic nitrogens is 2. The second-order valence-electron chi connectivity index (χ2n) is 4.13. The van der Waals surface area contributed by atoms with Crippen LogP contribution >= 0.6 is 11.6 Å². The van der Waals surface area contributed by atoms with Gasteiger partial charge in [-0.1, -0.05) is 11.6 Å². The second-order valence-corrected chi connectivity index (χ2v) is 4.48. The van der Waals surface area contributed by atoms with Crippen LogP contribution in [0.4, 0.5) is 5.82 Å². The van der Waals surface area contributed by atoms with E-state index in [0.29, 0.717) is 30.9 Å². The second kappa shape index (κ2) is 5.30. The maximum Gasteiger partial charge on any atom is 0.220 e. The lowest BCUT2D eigenvalue weighted by Crippen LogP contribution is -2.32. The maximum atomic E-state index is 11.1. The fraction of sp³-hybridized carbons (Fsp3) is 0.455. The van der Waals surface area contributed by atoms with Gasteiger partial charge in [0.15, 0.2) is 6.29 Å². The number of halogens is 1. The Morgan fingerprint density at radius 2 is 2.33 bits per heavy atom. The predicted molar refractivity (Wildman–Crippen MR) is 66.8 cm³/mol. The van der Waals surface area contributed by atoms with Gasteiger partial charge in [-0.3, -0.25) is 9.59 Å². The Morgan fingerprint density at radius 1 is 1.56 bits per heavy atom. The third kappa shape index (κ3) is 2.76. The van der Waals surface area contributed by atoms with Crippen molar-refractivity contribution >= 4 is 29.6 Å². The first-order valence-electron chi connectivity index (χ1n) is 5.62. The van der Waals surface area contributed by atoms with Crippen LogP contribution in [0.15, 0.2) is 0 Å². The standard InChI is InChI=1S/C11H13ClN4O2/c1-6-14-10(12)8(5-17)11(15-6)13-4-7-2-3-9(18)16-7/h5,7H,2-4H2,1H3,(H,16,18)(H,13,14,15). The highest BCUT2D eigenvalue weighted by Crippen LogP contribution is 2.19. The molecular formula is C11H13ClN4O2. The first-order valence-corrected chi connectivity index (χ1v) is 6.00. The van der Waals surface area contributed by atoms with Gasteiger partial charge < -0.3 is 10.6 Å². The van der Waals surface area contributed by atoms with Crippen LogP contribution in [0, 0.1) is 6.92 Å². The molecule has 1 saturated heterocycles. The summed E-state index contributed by atoms with van der Waals surface area (Å²) in [5.41, 5.74) is 0.242. The SMILES string of the molecule is Cc1nc(Cl)c(C=O)c(NCC2CCC(=O)N2)n1. The molecule has 1 aromatic rings. The maximum absolute atomic E-state index is 11.1. The van der Waals surface area contributed by atoms with Crippen LogP contribution in [0.2, 0.25) is 5.15 Å². The molecule has 96 valence electrons. The van der Waals surface area contributed by atoms with E-state index in [2.05, 4.69) is 20.6 Å². The normalized spacial score (nSPS) is 18.6. The fourth-order valence-electron chi connectivity index (χ4n) is 1.84. The molecule has 0 saturated carbocycles. The van der Waals surface area contributed by atoms with Crippen LogP contribution in [-0.2, 0) is 4.79 Å². The predicted octanol–water partition coefficient (Wildman–Crippen LogP) is 0.941. The Hall–Kier alpha value is -1.69. The van der Waals surface area contributed by atoms with Crippen LogP contribution in [0.1, 0.15) is 29.0 Å². The number of hydrogen-bond donors (Lipinski definition) is 2. The number of aryl methyl sites for hydroxylation is 1. The summed E-state index contributed by atoms with van der Waals surface area (Å²) in [6, 6.07) is 0.0612. The van der Waals surface area contributed by atoms with Crippen molar-refractivity contribution in [3.05, 3.63) is 16.5 Å². The average Bonchev–Trinajstić information content (AvgIpc) is 2.72. The number of rotatable bonds is 4. The molecule has 6 nitrogen and oxygen atoms in total. The molecule has 1 aromatic heterocycles. The van der Waals surface area contributed by atoms with Crippen molar-refractivity contribution in [2.75, 3.05) is 11.9 Å². The van der Waals surface area contributed by atoms with Crippen LogP contribution < -0.4 is 10.6 Å². The van der Waals surface area contributed by atoms with Gasteiger partial charge in [0, 0.05) is 19.0 Å². The summed E-state index contributed by atoms with van der Waals surface area (Å²) in [4.78, 5) is 30.0. The number of carbonyl (C=O) groups is 2. The summed E-state index contributed by atoms with van der Waals surface area (Å²) in [7, 11) is 0. The molecule has 1 amide bonds. The van der Waals surface area contributed by atoms with Crippen molar-refractivity contribution in [2.45, 2.75) is 25.8 Å². The monoisotopic (exact) mass is 268 g/mol. The lowest BCUT2D eigenvalue weighted by Gasteiger charge is -2.13. The molecule has 2 N–H and O–H groups in total. The van der Waals surface area contributed by atoms with Gasteiger partial charge in [0.05, 0.1) is 5.56 Å². The zero-order valence-electron chi connectivity index (χ0n) is 9.86. The minimum absolute atomic E-state index is 0.0503. The Bertz CT molecular complexity index is 492. The zero-order valence-corrected chi connectivity index (χ0v) is 10.6. The summed E-state index contributed by atoms with van der Waals surface area (Å²) in [6.07, 6.45) is 1.94. The topological polar surface area (TPSA) is 84.0 Å². The molecule has 1 aliphatic heterocycles. The molecule has 18 heavy (non-hydrogen) atoms. The number of nitrogens with zero attached hydrogens (tertiary/aromatic N) is 2. The largest absolute Gasteiger partial charge is 0.367 e. The minimum Gasteiger partial charge on any atom is -0.367 e. The average molecular weight is 269 g/mol. The highest BCUT2D eigenvalue weighted by Gasteiger charge is 2.21. The van der Waals surface area contributed by atoms with Gasteiger partial charge in [-0.25, -0.2) is 9.97 Å². The van der Waals surface area contributed by atoms with Crippen molar-refractivity contribution in [3.8, 4) is 0 Å². The first kappa shape index (κ1) is 12.8. The Labute approximate surface area is 109 Å². The number of anilines is 1. The van der Waals surface area contributed by atoms with Gasteiger partial charge >= 0.3 is 0 Å². The van der Waals surface area contributed by atoms with E-state index in [-0.39, 0.29) is 22.7 Å². The van der Waals surface area contributed by atoms with Crippen LogP contribution in [0.3, 0.4) is 0 Å². The fourth-order valence-corrected chi connectivity index (χ4v) is 2.09. The van der Waals surface area contributed by atoms with Crippen LogP contribution in [0.5, 0.6) is 0 Å². The van der Waals surface area contributed by atoms with E-state index in [9.17, 15) is 9.59 Å². The number of aldehydes is 1. The molecular weight excluding hydrogens is 256 g/mol. The highest BCUT2D eigenvalue weighted by molar-refractivity contribution is 6.32. The number of nitrogens with one attached hydrogen (secondary N) is 2. The molecule has 1 atom stereocenters. The summed E-state index contributed by atoms with van der Waals surface area (Å²) < 4.78 is 0. The number of carbonyl (C=O) groups excluding carboxylic acids is 2. The summed E-state index contributed by atoms with van der Waals surface area (Å²) in [5, 5.41) is 5.99. The molecule has 7 heteroatoms. The van der Waals surface area contributed by atoms with Gasteiger partial charge in [0.1, 0.15) is 16.8 Å². The molecule has 2 heterocycles. The molecule has 0 aliphatic carbocycles. The van der Waals surface area contributed by atoms with Gasteiger partial charge in [0.2, 0.25) is 5.91 Å². The van der Waals surface area contributed by atoms with Crippen molar-refractivity contribution in [1.82, 2.24) is 15.3 Å². The lowest BCUT2D eigenvalue weighted by atomic mass is 10.2. The molecule has 1 fully saturated rings.